The Morgan fingerprint density at radius 2 is 1.69 bits per heavy atom. The first-order valence-electron chi connectivity index (χ1n) is 13.7. The van der Waals surface area contributed by atoms with Crippen molar-refractivity contribution in [2.75, 3.05) is 43.6 Å². The zero-order chi connectivity index (χ0) is 28.9. The molecule has 214 valence electrons. The van der Waals surface area contributed by atoms with E-state index >= 15 is 0 Å². The summed E-state index contributed by atoms with van der Waals surface area (Å²) in [6.45, 7) is 2.61. The maximum atomic E-state index is 13.3. The fourth-order valence-electron chi connectivity index (χ4n) is 4.83. The standard InChI is InChI=1S/C31H31N7O3S/c1-33-31(37-27-28(39)34-23-15-9-8-14-22(23)24(35-27)20-10-4-2-5-11-20)41-26(32)25-30(38-16-18-40-19-17-38)42-29(36-25)21-12-6-3-7-13-21/h2-15,27,31-33,37H,16-19H2,1H3,(H,34,39). The van der Waals surface area contributed by atoms with E-state index in [0.29, 0.717) is 43.4 Å². The van der Waals surface area contributed by atoms with Gasteiger partial charge in [-0.05, 0) is 13.1 Å². The van der Waals surface area contributed by atoms with Crippen molar-refractivity contribution in [1.82, 2.24) is 15.6 Å². The van der Waals surface area contributed by atoms with Gasteiger partial charge in [0.15, 0.2) is 11.9 Å². The molecule has 1 saturated heterocycles. The normalized spacial score (nSPS) is 17.5. The molecule has 0 radical (unpaired) electrons. The molecule has 2 aliphatic rings. The van der Waals surface area contributed by atoms with E-state index in [1.165, 1.54) is 11.3 Å². The second-order valence-electron chi connectivity index (χ2n) is 9.70. The summed E-state index contributed by atoms with van der Waals surface area (Å²) in [5.74, 6) is -0.454. The van der Waals surface area contributed by atoms with Crippen molar-refractivity contribution in [2.45, 2.75) is 12.5 Å². The van der Waals surface area contributed by atoms with E-state index in [1.807, 2.05) is 84.9 Å². The summed E-state index contributed by atoms with van der Waals surface area (Å²) in [7, 11) is 1.69. The van der Waals surface area contributed by atoms with Crippen LogP contribution in [-0.2, 0) is 14.3 Å². The van der Waals surface area contributed by atoms with Crippen LogP contribution in [0.25, 0.3) is 10.6 Å². The van der Waals surface area contributed by atoms with Gasteiger partial charge in [0.2, 0.25) is 12.2 Å². The van der Waals surface area contributed by atoms with Crippen LogP contribution in [0.4, 0.5) is 10.7 Å². The Morgan fingerprint density at radius 3 is 2.40 bits per heavy atom. The number of anilines is 2. The number of ether oxygens (including phenoxy) is 2. The molecule has 10 nitrogen and oxygen atoms in total. The Labute approximate surface area is 247 Å². The third-order valence-electron chi connectivity index (χ3n) is 6.94. The molecule has 1 amide bonds. The number of amides is 1. The third-order valence-corrected chi connectivity index (χ3v) is 8.11. The van der Waals surface area contributed by atoms with Gasteiger partial charge in [-0.2, -0.15) is 0 Å². The number of hydrogen-bond donors (Lipinski definition) is 4. The molecule has 2 atom stereocenters. The maximum Gasteiger partial charge on any atom is 0.264 e. The van der Waals surface area contributed by atoms with Crippen LogP contribution >= 0.6 is 11.3 Å². The summed E-state index contributed by atoms with van der Waals surface area (Å²) in [5, 5.41) is 19.7. The molecule has 0 bridgehead atoms. The predicted octanol–water partition coefficient (Wildman–Crippen LogP) is 3.90. The van der Waals surface area contributed by atoms with Crippen LogP contribution < -0.4 is 20.9 Å². The first kappa shape index (κ1) is 27.7. The van der Waals surface area contributed by atoms with Crippen molar-refractivity contribution in [3.05, 3.63) is 102 Å². The molecule has 0 saturated carbocycles. The van der Waals surface area contributed by atoms with Gasteiger partial charge in [0.1, 0.15) is 10.0 Å². The van der Waals surface area contributed by atoms with E-state index in [9.17, 15) is 4.79 Å². The smallest absolute Gasteiger partial charge is 0.264 e. The van der Waals surface area contributed by atoms with E-state index in [2.05, 4.69) is 20.9 Å². The van der Waals surface area contributed by atoms with Gasteiger partial charge in [0, 0.05) is 29.8 Å². The van der Waals surface area contributed by atoms with E-state index < -0.39 is 12.5 Å². The number of nitrogens with one attached hydrogen (secondary N) is 4. The quantitative estimate of drug-likeness (QED) is 0.141. The Hall–Kier alpha value is -4.42. The van der Waals surface area contributed by atoms with Crippen molar-refractivity contribution in [3.63, 3.8) is 0 Å². The lowest BCUT2D eigenvalue weighted by Crippen LogP contribution is -2.52. The summed E-state index contributed by atoms with van der Waals surface area (Å²) in [6.07, 6.45) is -1.90. The van der Waals surface area contributed by atoms with Crippen LogP contribution in [0.2, 0.25) is 0 Å². The number of rotatable bonds is 8. The lowest BCUT2D eigenvalue weighted by Gasteiger charge is -2.28. The summed E-state index contributed by atoms with van der Waals surface area (Å²) in [4.78, 5) is 25.2. The Bertz CT molecular complexity index is 1590. The molecule has 0 spiro atoms. The van der Waals surface area contributed by atoms with Gasteiger partial charge in [-0.3, -0.25) is 20.5 Å². The monoisotopic (exact) mass is 581 g/mol. The zero-order valence-electron chi connectivity index (χ0n) is 23.0. The fraction of sp³-hybridized carbons (Fsp3) is 0.226. The molecule has 0 aliphatic carbocycles. The molecule has 3 aromatic carbocycles. The SMILES string of the molecule is CNC(NC1N=C(c2ccccc2)c2ccccc2NC1=O)OC(=N)c1nc(-c2ccccc2)sc1N1CCOCC1. The number of fused-ring (bicyclic) bond motifs is 1. The predicted molar refractivity (Wildman–Crippen MR) is 165 cm³/mol. The Kier molecular flexibility index (Phi) is 8.33. The maximum absolute atomic E-state index is 13.3. The van der Waals surface area contributed by atoms with E-state index in [4.69, 9.17) is 24.9 Å². The van der Waals surface area contributed by atoms with Crippen LogP contribution in [0.1, 0.15) is 16.8 Å². The van der Waals surface area contributed by atoms with Crippen LogP contribution in [0.15, 0.2) is 89.9 Å². The van der Waals surface area contributed by atoms with E-state index in [1.54, 1.807) is 7.05 Å². The number of benzodiazepines with no additional fused rings is 1. The molecule has 1 fully saturated rings. The van der Waals surface area contributed by atoms with Crippen molar-refractivity contribution in [1.29, 1.82) is 5.41 Å². The van der Waals surface area contributed by atoms with E-state index in [-0.39, 0.29) is 11.8 Å². The third kappa shape index (κ3) is 5.95. The highest BCUT2D eigenvalue weighted by Crippen LogP contribution is 2.35. The molecule has 2 aliphatic heterocycles. The molecular formula is C31H31N7O3S. The second-order valence-corrected chi connectivity index (χ2v) is 10.7. The number of para-hydroxylation sites is 1. The van der Waals surface area contributed by atoms with Gasteiger partial charge < -0.3 is 19.7 Å². The molecule has 1 aromatic heterocycles. The van der Waals surface area contributed by atoms with Gasteiger partial charge in [-0.15, -0.1) is 0 Å². The zero-order valence-corrected chi connectivity index (χ0v) is 23.9. The topological polar surface area (TPSA) is 124 Å². The summed E-state index contributed by atoms with van der Waals surface area (Å²) in [5.41, 5.74) is 4.46. The lowest BCUT2D eigenvalue weighted by atomic mass is 10.0. The number of aromatic nitrogens is 1. The van der Waals surface area contributed by atoms with Gasteiger partial charge in [0.05, 0.1) is 24.6 Å². The summed E-state index contributed by atoms with van der Waals surface area (Å²) in [6, 6.07) is 27.2. The highest BCUT2D eigenvalue weighted by atomic mass is 32.1. The van der Waals surface area contributed by atoms with Gasteiger partial charge >= 0.3 is 0 Å². The molecule has 2 unspecified atom stereocenters. The van der Waals surface area contributed by atoms with Crippen molar-refractivity contribution in [2.24, 2.45) is 4.99 Å². The number of morpholine rings is 1. The number of benzene rings is 3. The average molecular weight is 582 g/mol. The number of thiazole rings is 1. The van der Waals surface area contributed by atoms with Crippen LogP contribution in [-0.4, -0.2) is 68.4 Å². The Morgan fingerprint density at radius 1 is 1.02 bits per heavy atom. The first-order chi connectivity index (χ1) is 20.6. The molecule has 3 heterocycles. The summed E-state index contributed by atoms with van der Waals surface area (Å²) >= 11 is 1.52. The number of hydrogen-bond acceptors (Lipinski definition) is 10. The van der Waals surface area contributed by atoms with Crippen molar-refractivity contribution >= 4 is 39.5 Å². The van der Waals surface area contributed by atoms with Crippen LogP contribution in [0.5, 0.6) is 0 Å². The van der Waals surface area contributed by atoms with Crippen LogP contribution in [0, 0.1) is 5.41 Å². The minimum absolute atomic E-state index is 0.119. The van der Waals surface area contributed by atoms with Crippen molar-refractivity contribution in [3.8, 4) is 10.6 Å². The molecule has 4 N–H and O–H groups in total. The number of aliphatic imine (C=N–C) groups is 1. The highest BCUT2D eigenvalue weighted by Gasteiger charge is 2.30. The molecule has 4 aromatic rings. The Balaban J connectivity index is 1.27. The number of nitrogens with zero attached hydrogens (tertiary/aromatic N) is 3. The van der Waals surface area contributed by atoms with Gasteiger partial charge in [-0.1, -0.05) is 90.2 Å². The van der Waals surface area contributed by atoms with Gasteiger partial charge in [-0.25, -0.2) is 10.3 Å². The number of carbonyl (C=O) groups excluding carboxylic acids is 1. The molecule has 6 rings (SSSR count). The highest BCUT2D eigenvalue weighted by molar-refractivity contribution is 7.19. The average Bonchev–Trinajstić information content (AvgIpc) is 3.44. The van der Waals surface area contributed by atoms with Crippen LogP contribution in [0.3, 0.4) is 0 Å². The van der Waals surface area contributed by atoms with Gasteiger partial charge in [0.25, 0.3) is 5.91 Å². The first-order valence-corrected chi connectivity index (χ1v) is 14.5. The molecule has 11 heteroatoms. The number of carbonyl (C=O) groups is 1. The summed E-state index contributed by atoms with van der Waals surface area (Å²) < 4.78 is 11.6. The lowest BCUT2D eigenvalue weighted by molar-refractivity contribution is -0.118. The minimum Gasteiger partial charge on any atom is -0.444 e. The van der Waals surface area contributed by atoms with Crippen molar-refractivity contribution < 1.29 is 14.3 Å². The molecule has 42 heavy (non-hydrogen) atoms. The fourth-order valence-corrected chi connectivity index (χ4v) is 5.95. The second kappa shape index (κ2) is 12.6. The minimum atomic E-state index is -0.994. The van der Waals surface area contributed by atoms with E-state index in [0.717, 1.165) is 26.7 Å². The molecular weight excluding hydrogens is 550 g/mol. The largest absolute Gasteiger partial charge is 0.444 e.